The predicted octanol–water partition coefficient (Wildman–Crippen LogP) is 0.0756. The molecule has 32 heavy (non-hydrogen) atoms. The van der Waals surface area contributed by atoms with Crippen molar-refractivity contribution in [3.8, 4) is 0 Å². The van der Waals surface area contributed by atoms with Gasteiger partial charge in [0.15, 0.2) is 0 Å². The Morgan fingerprint density at radius 3 is 1.69 bits per heavy atom. The van der Waals surface area contributed by atoms with Crippen molar-refractivity contribution in [1.82, 2.24) is 16.0 Å². The van der Waals surface area contributed by atoms with Crippen molar-refractivity contribution in [2.45, 2.75) is 85.0 Å². The summed E-state index contributed by atoms with van der Waals surface area (Å²) in [5.74, 6) is -4.86. The zero-order valence-electron chi connectivity index (χ0n) is 19.7. The first-order valence-corrected chi connectivity index (χ1v) is 10.8. The lowest BCUT2D eigenvalue weighted by molar-refractivity contribution is -0.143. The fourth-order valence-electron chi connectivity index (χ4n) is 2.85. The second-order valence-electron chi connectivity index (χ2n) is 9.02. The van der Waals surface area contributed by atoms with Gasteiger partial charge in [-0.05, 0) is 30.6 Å². The number of hydrogen-bond donors (Lipinski definition) is 6. The van der Waals surface area contributed by atoms with E-state index in [1.54, 1.807) is 27.7 Å². The quantitative estimate of drug-likeness (QED) is 0.211. The Kier molecular flexibility index (Phi) is 12.5. The van der Waals surface area contributed by atoms with E-state index in [2.05, 4.69) is 16.0 Å². The van der Waals surface area contributed by atoms with E-state index < -0.39 is 66.2 Å². The van der Waals surface area contributed by atoms with Crippen LogP contribution in [0.3, 0.4) is 0 Å². The van der Waals surface area contributed by atoms with Crippen LogP contribution in [-0.4, -0.2) is 64.0 Å². The van der Waals surface area contributed by atoms with Gasteiger partial charge in [-0.15, -0.1) is 0 Å². The van der Waals surface area contributed by atoms with Crippen LogP contribution in [0.5, 0.6) is 0 Å². The van der Waals surface area contributed by atoms with Gasteiger partial charge in [0, 0.05) is 6.42 Å². The first-order valence-electron chi connectivity index (χ1n) is 10.8. The van der Waals surface area contributed by atoms with Crippen molar-refractivity contribution in [1.29, 1.82) is 0 Å². The van der Waals surface area contributed by atoms with E-state index in [0.29, 0.717) is 6.42 Å². The number of nitrogens with one attached hydrogen (secondary N) is 3. The summed E-state index contributed by atoms with van der Waals surface area (Å²) < 4.78 is 0. The molecule has 0 aliphatic carbocycles. The van der Waals surface area contributed by atoms with Crippen molar-refractivity contribution in [3.63, 3.8) is 0 Å². The van der Waals surface area contributed by atoms with Crippen LogP contribution < -0.4 is 21.7 Å². The minimum absolute atomic E-state index is 0.0556. The minimum atomic E-state index is -1.41. The summed E-state index contributed by atoms with van der Waals surface area (Å²) in [6, 6.07) is -4.22. The van der Waals surface area contributed by atoms with E-state index in [0.717, 1.165) is 0 Å². The van der Waals surface area contributed by atoms with Crippen LogP contribution in [0.1, 0.15) is 60.8 Å². The molecular formula is C21H38N4O7. The van der Waals surface area contributed by atoms with E-state index >= 15 is 0 Å². The number of rotatable bonds is 14. The zero-order valence-corrected chi connectivity index (χ0v) is 19.7. The lowest BCUT2D eigenvalue weighted by Crippen LogP contribution is -2.59. The first-order chi connectivity index (χ1) is 14.7. The molecule has 0 bridgehead atoms. The lowest BCUT2D eigenvalue weighted by Gasteiger charge is -2.28. The van der Waals surface area contributed by atoms with Crippen LogP contribution in [-0.2, 0) is 24.0 Å². The van der Waals surface area contributed by atoms with Crippen LogP contribution in [0, 0.1) is 17.8 Å². The van der Waals surface area contributed by atoms with Crippen LogP contribution in [0.25, 0.3) is 0 Å². The van der Waals surface area contributed by atoms with Gasteiger partial charge >= 0.3 is 11.9 Å². The molecule has 0 saturated heterocycles. The molecule has 4 unspecified atom stereocenters. The number of carboxylic acids is 2. The van der Waals surface area contributed by atoms with Gasteiger partial charge in [-0.3, -0.25) is 19.2 Å². The van der Waals surface area contributed by atoms with Gasteiger partial charge in [0.05, 0.1) is 6.04 Å². The number of aliphatic carboxylic acids is 2. The van der Waals surface area contributed by atoms with Crippen molar-refractivity contribution < 1.29 is 34.2 Å². The number of carboxylic acid groups (broad SMARTS) is 2. The molecule has 0 aliphatic heterocycles. The average molecular weight is 459 g/mol. The Hall–Kier alpha value is -2.69. The number of hydrogen-bond acceptors (Lipinski definition) is 6. The highest BCUT2D eigenvalue weighted by Crippen LogP contribution is 2.10. The Morgan fingerprint density at radius 1 is 0.750 bits per heavy atom. The van der Waals surface area contributed by atoms with Crippen molar-refractivity contribution >= 4 is 29.7 Å². The van der Waals surface area contributed by atoms with Gasteiger partial charge in [-0.1, -0.05) is 41.5 Å². The molecule has 0 heterocycles. The maximum atomic E-state index is 12.9. The van der Waals surface area contributed by atoms with Crippen LogP contribution >= 0.6 is 0 Å². The molecule has 3 amide bonds. The molecule has 0 fully saturated rings. The SMILES string of the molecule is CC(C)CC(NC(=O)C(N)C(C)C)C(=O)NC(C(=O)NC(CCC(=O)O)C(=O)O)C(C)C. The third kappa shape index (κ3) is 10.6. The normalized spacial score (nSPS) is 15.1. The van der Waals surface area contributed by atoms with Crippen molar-refractivity contribution in [2.24, 2.45) is 23.5 Å². The molecule has 0 aromatic rings. The number of carbonyl (C=O) groups excluding carboxylic acids is 3. The van der Waals surface area contributed by atoms with Gasteiger partial charge < -0.3 is 31.9 Å². The van der Waals surface area contributed by atoms with E-state index in [1.165, 1.54) is 0 Å². The van der Waals surface area contributed by atoms with E-state index in [-0.39, 0.29) is 18.3 Å². The molecular weight excluding hydrogens is 420 g/mol. The van der Waals surface area contributed by atoms with Crippen molar-refractivity contribution in [2.75, 3.05) is 0 Å². The molecule has 0 aliphatic rings. The van der Waals surface area contributed by atoms with Gasteiger partial charge in [0.1, 0.15) is 18.1 Å². The molecule has 11 nitrogen and oxygen atoms in total. The minimum Gasteiger partial charge on any atom is -0.481 e. The van der Waals surface area contributed by atoms with Gasteiger partial charge in [-0.25, -0.2) is 4.79 Å². The highest BCUT2D eigenvalue weighted by Gasteiger charge is 2.32. The van der Waals surface area contributed by atoms with Crippen LogP contribution in [0.15, 0.2) is 0 Å². The summed E-state index contributed by atoms with van der Waals surface area (Å²) in [6.07, 6.45) is -0.423. The Labute approximate surface area is 188 Å². The summed E-state index contributed by atoms with van der Waals surface area (Å²) in [6.45, 7) is 10.7. The second-order valence-corrected chi connectivity index (χ2v) is 9.02. The zero-order chi connectivity index (χ0) is 25.2. The summed E-state index contributed by atoms with van der Waals surface area (Å²) in [4.78, 5) is 60.1. The second kappa shape index (κ2) is 13.7. The maximum absolute atomic E-state index is 12.9. The Balaban J connectivity index is 5.43. The molecule has 0 spiro atoms. The van der Waals surface area contributed by atoms with Crippen molar-refractivity contribution in [3.05, 3.63) is 0 Å². The highest BCUT2D eigenvalue weighted by molar-refractivity contribution is 5.94. The molecule has 184 valence electrons. The fraction of sp³-hybridized carbons (Fsp3) is 0.762. The number of carbonyl (C=O) groups is 5. The summed E-state index contributed by atoms with van der Waals surface area (Å²) in [5, 5.41) is 25.5. The first kappa shape index (κ1) is 29.3. The predicted molar refractivity (Wildman–Crippen MR) is 117 cm³/mol. The Bertz CT molecular complexity index is 679. The highest BCUT2D eigenvalue weighted by atomic mass is 16.4. The molecule has 0 saturated carbocycles. The Morgan fingerprint density at radius 2 is 1.28 bits per heavy atom. The smallest absolute Gasteiger partial charge is 0.326 e. The van der Waals surface area contributed by atoms with E-state index in [4.69, 9.17) is 10.8 Å². The molecule has 0 radical (unpaired) electrons. The monoisotopic (exact) mass is 458 g/mol. The summed E-state index contributed by atoms with van der Waals surface area (Å²) in [7, 11) is 0. The molecule has 11 heteroatoms. The third-order valence-electron chi connectivity index (χ3n) is 4.87. The summed E-state index contributed by atoms with van der Waals surface area (Å²) in [5.41, 5.74) is 5.86. The van der Waals surface area contributed by atoms with Crippen LogP contribution in [0.2, 0.25) is 0 Å². The topological polar surface area (TPSA) is 188 Å². The molecule has 7 N–H and O–H groups in total. The average Bonchev–Trinajstić information content (AvgIpc) is 2.66. The lowest BCUT2D eigenvalue weighted by atomic mass is 9.98. The summed E-state index contributed by atoms with van der Waals surface area (Å²) >= 11 is 0. The molecule has 0 aromatic heterocycles. The maximum Gasteiger partial charge on any atom is 0.326 e. The fourth-order valence-corrected chi connectivity index (χ4v) is 2.85. The van der Waals surface area contributed by atoms with E-state index in [9.17, 15) is 29.1 Å². The molecule has 0 aromatic carbocycles. The molecule has 4 atom stereocenters. The van der Waals surface area contributed by atoms with Crippen LogP contribution in [0.4, 0.5) is 0 Å². The number of amides is 3. The third-order valence-corrected chi connectivity index (χ3v) is 4.87. The van der Waals surface area contributed by atoms with Gasteiger partial charge in [0.25, 0.3) is 0 Å². The molecule has 0 rings (SSSR count). The van der Waals surface area contributed by atoms with Gasteiger partial charge in [0.2, 0.25) is 17.7 Å². The standard InChI is InChI=1S/C21H38N4O7/c1-10(2)9-14(24-19(29)16(22)11(3)4)18(28)25-17(12(5)6)20(30)23-13(21(31)32)7-8-15(26)27/h10-14,16-17H,7-9,22H2,1-6H3,(H,23,30)(H,24,29)(H,25,28)(H,26,27)(H,31,32). The van der Waals surface area contributed by atoms with E-state index in [1.807, 2.05) is 13.8 Å². The van der Waals surface area contributed by atoms with Gasteiger partial charge in [-0.2, -0.15) is 0 Å². The number of nitrogens with two attached hydrogens (primary N) is 1. The largest absolute Gasteiger partial charge is 0.481 e.